The molecule has 1 heterocycles. The van der Waals surface area contributed by atoms with Gasteiger partial charge >= 0.3 is 0 Å². The summed E-state index contributed by atoms with van der Waals surface area (Å²) in [6.07, 6.45) is 0. The summed E-state index contributed by atoms with van der Waals surface area (Å²) in [5.74, 6) is 0. The Morgan fingerprint density at radius 3 is 1.93 bits per heavy atom. The lowest BCUT2D eigenvalue weighted by Gasteiger charge is -2.22. The zero-order valence-electron chi connectivity index (χ0n) is 14.9. The molecule has 4 rings (SSSR count). The molecule has 28 heavy (non-hydrogen) atoms. The van der Waals surface area contributed by atoms with Gasteiger partial charge in [0.1, 0.15) is 5.25 Å². The summed E-state index contributed by atoms with van der Waals surface area (Å²) in [7, 11) is -3.83. The van der Waals surface area contributed by atoms with Gasteiger partial charge in [-0.15, -0.1) is 0 Å². The van der Waals surface area contributed by atoms with E-state index in [1.807, 2.05) is 60.7 Å². The monoisotopic (exact) mass is 387 g/mol. The van der Waals surface area contributed by atoms with Gasteiger partial charge in [0, 0.05) is 0 Å². The molecule has 3 aromatic rings. The molecule has 138 valence electrons. The van der Waals surface area contributed by atoms with Crippen LogP contribution in [0, 0.1) is 11.3 Å². The fraction of sp³-hybridized carbons (Fsp3) is 0.0909. The zero-order valence-corrected chi connectivity index (χ0v) is 15.7. The molecule has 0 bridgehead atoms. The smallest absolute Gasteiger partial charge is 0.190 e. The molecule has 0 saturated carbocycles. The van der Waals surface area contributed by atoms with Crippen molar-refractivity contribution in [3.8, 4) is 6.07 Å². The molecule has 0 amide bonds. The number of nitriles is 1. The average molecular weight is 387 g/mol. The standard InChI is InChI=1S/C22H17N3O2S/c23-16-20-22(28(26,27)19-14-8-3-9-15-19)21(17-10-4-1-5-11-17)24-25(20)18-12-6-2-7-13-18/h1-15,20,22H/t20-,22-/m1/s1. The summed E-state index contributed by atoms with van der Waals surface area (Å²) in [6, 6.07) is 27.7. The predicted molar refractivity (Wildman–Crippen MR) is 109 cm³/mol. The average Bonchev–Trinajstić information content (AvgIpc) is 3.16. The highest BCUT2D eigenvalue weighted by Gasteiger charge is 2.47. The maximum Gasteiger partial charge on any atom is 0.190 e. The third-order valence-electron chi connectivity index (χ3n) is 4.66. The molecule has 0 saturated heterocycles. The first-order valence-corrected chi connectivity index (χ1v) is 10.3. The SMILES string of the molecule is N#C[C@@H]1[C@@H](S(=O)(=O)c2ccccc2)C(c2ccccc2)=NN1c1ccccc1. The van der Waals surface area contributed by atoms with E-state index in [9.17, 15) is 13.7 Å². The van der Waals surface area contributed by atoms with Gasteiger partial charge in [-0.25, -0.2) is 13.4 Å². The Morgan fingerprint density at radius 1 is 0.821 bits per heavy atom. The molecule has 5 nitrogen and oxygen atoms in total. The predicted octanol–water partition coefficient (Wildman–Crippen LogP) is 3.65. The van der Waals surface area contributed by atoms with E-state index < -0.39 is 21.1 Å². The lowest BCUT2D eigenvalue weighted by atomic mass is 10.0. The molecule has 0 N–H and O–H groups in total. The second kappa shape index (κ2) is 7.29. The molecule has 2 atom stereocenters. The number of rotatable bonds is 4. The van der Waals surface area contributed by atoms with E-state index in [1.54, 1.807) is 30.3 Å². The number of sulfone groups is 1. The van der Waals surface area contributed by atoms with Crippen LogP contribution in [-0.4, -0.2) is 25.4 Å². The molecule has 0 radical (unpaired) electrons. The second-order valence-corrected chi connectivity index (χ2v) is 8.45. The van der Waals surface area contributed by atoms with Crippen LogP contribution in [0.4, 0.5) is 5.69 Å². The van der Waals surface area contributed by atoms with Crippen molar-refractivity contribution in [3.05, 3.63) is 96.6 Å². The molecule has 0 aliphatic carbocycles. The van der Waals surface area contributed by atoms with E-state index in [0.717, 1.165) is 0 Å². The van der Waals surface area contributed by atoms with Crippen molar-refractivity contribution in [1.29, 1.82) is 5.26 Å². The summed E-state index contributed by atoms with van der Waals surface area (Å²) >= 11 is 0. The molecule has 3 aromatic carbocycles. The molecular weight excluding hydrogens is 370 g/mol. The van der Waals surface area contributed by atoms with Crippen LogP contribution in [0.5, 0.6) is 0 Å². The van der Waals surface area contributed by atoms with E-state index in [-0.39, 0.29) is 4.90 Å². The van der Waals surface area contributed by atoms with Gasteiger partial charge in [-0.05, 0) is 29.8 Å². The van der Waals surface area contributed by atoms with Crippen LogP contribution < -0.4 is 5.01 Å². The Bertz CT molecular complexity index is 1140. The number of hydrogen-bond donors (Lipinski definition) is 0. The lowest BCUT2D eigenvalue weighted by Crippen LogP contribution is -2.42. The van der Waals surface area contributed by atoms with Crippen LogP contribution in [0.15, 0.2) is 101 Å². The quantitative estimate of drug-likeness (QED) is 0.685. The maximum absolute atomic E-state index is 13.5. The zero-order chi connectivity index (χ0) is 19.6. The van der Waals surface area contributed by atoms with Crippen molar-refractivity contribution in [2.24, 2.45) is 5.10 Å². The van der Waals surface area contributed by atoms with Gasteiger partial charge < -0.3 is 0 Å². The first kappa shape index (κ1) is 18.0. The fourth-order valence-electron chi connectivity index (χ4n) is 3.34. The minimum atomic E-state index is -3.83. The first-order chi connectivity index (χ1) is 13.6. The highest BCUT2D eigenvalue weighted by Crippen LogP contribution is 2.33. The second-order valence-electron chi connectivity index (χ2n) is 6.38. The van der Waals surface area contributed by atoms with E-state index in [1.165, 1.54) is 5.01 Å². The van der Waals surface area contributed by atoms with Crippen molar-refractivity contribution in [3.63, 3.8) is 0 Å². The molecule has 0 fully saturated rings. The Morgan fingerprint density at radius 2 is 1.36 bits per heavy atom. The number of para-hydroxylation sites is 1. The fourth-order valence-corrected chi connectivity index (χ4v) is 5.16. The lowest BCUT2D eigenvalue weighted by molar-refractivity contribution is 0.586. The third kappa shape index (κ3) is 3.06. The van der Waals surface area contributed by atoms with Gasteiger partial charge in [-0.3, -0.25) is 0 Å². The van der Waals surface area contributed by atoms with Crippen molar-refractivity contribution in [1.82, 2.24) is 0 Å². The number of anilines is 1. The molecule has 0 aromatic heterocycles. The van der Waals surface area contributed by atoms with E-state index in [0.29, 0.717) is 17.0 Å². The molecule has 1 aliphatic rings. The van der Waals surface area contributed by atoms with Gasteiger partial charge in [-0.2, -0.15) is 10.4 Å². The molecular formula is C22H17N3O2S. The highest BCUT2D eigenvalue weighted by atomic mass is 32.2. The first-order valence-electron chi connectivity index (χ1n) is 8.79. The van der Waals surface area contributed by atoms with Crippen molar-refractivity contribution < 1.29 is 8.42 Å². The van der Waals surface area contributed by atoms with Gasteiger partial charge in [-0.1, -0.05) is 66.7 Å². The van der Waals surface area contributed by atoms with Gasteiger partial charge in [0.2, 0.25) is 0 Å². The van der Waals surface area contributed by atoms with E-state index in [2.05, 4.69) is 11.2 Å². The third-order valence-corrected chi connectivity index (χ3v) is 6.74. The largest absolute Gasteiger partial charge is 0.246 e. The molecule has 6 heteroatoms. The Hall–Kier alpha value is -3.43. The Kier molecular flexibility index (Phi) is 4.68. The minimum Gasteiger partial charge on any atom is -0.246 e. The highest BCUT2D eigenvalue weighted by molar-refractivity contribution is 7.93. The van der Waals surface area contributed by atoms with Gasteiger partial charge in [0.05, 0.1) is 22.4 Å². The van der Waals surface area contributed by atoms with E-state index >= 15 is 0 Å². The topological polar surface area (TPSA) is 73.5 Å². The van der Waals surface area contributed by atoms with Crippen LogP contribution in [0.25, 0.3) is 0 Å². The molecule has 0 unspecified atom stereocenters. The summed E-state index contributed by atoms with van der Waals surface area (Å²) in [5, 5.41) is 14.9. The maximum atomic E-state index is 13.5. The Labute approximate surface area is 164 Å². The summed E-state index contributed by atoms with van der Waals surface area (Å²) in [5.41, 5.74) is 1.73. The summed E-state index contributed by atoms with van der Waals surface area (Å²) in [6.45, 7) is 0. The van der Waals surface area contributed by atoms with Crippen molar-refractivity contribution in [2.75, 3.05) is 5.01 Å². The van der Waals surface area contributed by atoms with Gasteiger partial charge in [0.25, 0.3) is 0 Å². The number of hydrogen-bond acceptors (Lipinski definition) is 5. The summed E-state index contributed by atoms with van der Waals surface area (Å²) in [4.78, 5) is 0.179. The van der Waals surface area contributed by atoms with Gasteiger partial charge in [0.15, 0.2) is 15.9 Å². The minimum absolute atomic E-state index is 0.179. The van der Waals surface area contributed by atoms with Crippen molar-refractivity contribution >= 4 is 21.2 Å². The van der Waals surface area contributed by atoms with Crippen LogP contribution in [0.2, 0.25) is 0 Å². The number of hydrazone groups is 1. The van der Waals surface area contributed by atoms with E-state index in [4.69, 9.17) is 0 Å². The summed E-state index contributed by atoms with van der Waals surface area (Å²) < 4.78 is 27.0. The molecule has 1 aliphatic heterocycles. The number of benzene rings is 3. The van der Waals surface area contributed by atoms with Crippen LogP contribution >= 0.6 is 0 Å². The number of nitrogens with zero attached hydrogens (tertiary/aromatic N) is 3. The normalized spacial score (nSPS) is 19.1. The van der Waals surface area contributed by atoms with Crippen molar-refractivity contribution in [2.45, 2.75) is 16.2 Å². The Balaban J connectivity index is 1.90. The van der Waals surface area contributed by atoms with Crippen LogP contribution in [0.3, 0.4) is 0 Å². The van der Waals surface area contributed by atoms with Crippen LogP contribution in [0.1, 0.15) is 5.56 Å². The van der Waals surface area contributed by atoms with Crippen LogP contribution in [-0.2, 0) is 9.84 Å². The molecule has 0 spiro atoms.